The first-order valence-corrected chi connectivity index (χ1v) is 10.5. The Balaban J connectivity index is 1.82. The number of methoxy groups -OCH3 is 1. The molecule has 10 heteroatoms. The number of para-hydroxylation sites is 2. The second-order valence-corrected chi connectivity index (χ2v) is 8.67. The molecule has 0 unspecified atom stereocenters. The summed E-state index contributed by atoms with van der Waals surface area (Å²) in [4.78, 5) is 12.5. The van der Waals surface area contributed by atoms with Crippen molar-refractivity contribution >= 4 is 21.4 Å². The molecule has 29 heavy (non-hydrogen) atoms. The molecule has 0 aromatic heterocycles. The van der Waals surface area contributed by atoms with Crippen LogP contribution in [0.5, 0.6) is 11.5 Å². The van der Waals surface area contributed by atoms with Crippen LogP contribution in [-0.4, -0.2) is 57.5 Å². The summed E-state index contributed by atoms with van der Waals surface area (Å²) in [5.74, 6) is 0.707. The number of likely N-dealkylation sites (N-methyl/N-ethyl adjacent to an activating group) is 2. The number of nitrogens with zero attached hydrogens (tertiary/aromatic N) is 3. The summed E-state index contributed by atoms with van der Waals surface area (Å²) in [6, 6.07) is 11.2. The lowest BCUT2D eigenvalue weighted by atomic mass is 10.2. The Morgan fingerprint density at radius 2 is 2.03 bits per heavy atom. The molecular weight excluding hydrogens is 398 g/mol. The standard InChI is InChI=1S/C19H23N3O6S/c1-4-21-13-14(28-19-8-6-5-7-16(19)21)12-20(2)29(25,26)15-9-10-18(27-3)17(11-15)22(23)24/h5-11,14H,4,12-13H2,1-3H3/t14-/m1/s1. The SMILES string of the molecule is CCN1C[C@@H](CN(C)S(=O)(=O)c2ccc(OC)c([N+](=O)[O-])c2)Oc2ccccc21. The van der Waals surface area contributed by atoms with Gasteiger partial charge in [-0.1, -0.05) is 12.1 Å². The maximum Gasteiger partial charge on any atom is 0.312 e. The molecule has 2 aromatic carbocycles. The molecule has 156 valence electrons. The van der Waals surface area contributed by atoms with E-state index in [-0.39, 0.29) is 23.3 Å². The third kappa shape index (κ3) is 4.13. The average molecular weight is 421 g/mol. The number of hydrogen-bond donors (Lipinski definition) is 0. The minimum atomic E-state index is -3.95. The quantitative estimate of drug-likeness (QED) is 0.500. The molecule has 1 heterocycles. The van der Waals surface area contributed by atoms with E-state index in [9.17, 15) is 18.5 Å². The molecule has 0 N–H and O–H groups in total. The number of hydrogen-bond acceptors (Lipinski definition) is 7. The van der Waals surface area contributed by atoms with E-state index in [1.165, 1.54) is 26.3 Å². The number of benzene rings is 2. The van der Waals surface area contributed by atoms with Crippen LogP contribution in [0.15, 0.2) is 47.4 Å². The summed E-state index contributed by atoms with van der Waals surface area (Å²) in [6.45, 7) is 3.43. The van der Waals surface area contributed by atoms with E-state index in [4.69, 9.17) is 9.47 Å². The predicted octanol–water partition coefficient (Wildman–Crippen LogP) is 2.51. The molecule has 1 atom stereocenters. The van der Waals surface area contributed by atoms with Crippen LogP contribution in [-0.2, 0) is 10.0 Å². The highest BCUT2D eigenvalue weighted by Crippen LogP contribution is 2.34. The van der Waals surface area contributed by atoms with Crippen molar-refractivity contribution in [3.8, 4) is 11.5 Å². The van der Waals surface area contributed by atoms with E-state index in [0.717, 1.165) is 22.6 Å². The molecule has 0 saturated carbocycles. The lowest BCUT2D eigenvalue weighted by Gasteiger charge is -2.36. The topological polar surface area (TPSA) is 102 Å². The molecule has 0 amide bonds. The molecule has 0 saturated heterocycles. The molecule has 1 aliphatic rings. The molecule has 0 radical (unpaired) electrons. The summed E-state index contributed by atoms with van der Waals surface area (Å²) in [5, 5.41) is 11.2. The molecule has 1 aliphatic heterocycles. The predicted molar refractivity (Wildman–Crippen MR) is 108 cm³/mol. The van der Waals surface area contributed by atoms with Gasteiger partial charge in [0.25, 0.3) is 0 Å². The number of sulfonamides is 1. The van der Waals surface area contributed by atoms with Crippen LogP contribution in [0.4, 0.5) is 11.4 Å². The minimum absolute atomic E-state index is 0.00223. The molecule has 3 rings (SSSR count). The maximum absolute atomic E-state index is 13.0. The molecular formula is C19H23N3O6S. The van der Waals surface area contributed by atoms with E-state index >= 15 is 0 Å². The summed E-state index contributed by atoms with van der Waals surface area (Å²) in [6.07, 6.45) is -0.377. The fourth-order valence-electron chi connectivity index (χ4n) is 3.31. The lowest BCUT2D eigenvalue weighted by molar-refractivity contribution is -0.386. The summed E-state index contributed by atoms with van der Waals surface area (Å²) in [7, 11) is -1.22. The van der Waals surface area contributed by atoms with Gasteiger partial charge in [0.15, 0.2) is 5.75 Å². The zero-order chi connectivity index (χ0) is 21.2. The van der Waals surface area contributed by atoms with Crippen molar-refractivity contribution in [2.24, 2.45) is 0 Å². The van der Waals surface area contributed by atoms with E-state index in [0.29, 0.717) is 12.3 Å². The first-order chi connectivity index (χ1) is 13.8. The zero-order valence-electron chi connectivity index (χ0n) is 16.4. The maximum atomic E-state index is 13.0. The van der Waals surface area contributed by atoms with Crippen molar-refractivity contribution in [2.75, 3.05) is 38.7 Å². The summed E-state index contributed by atoms with van der Waals surface area (Å²) in [5.41, 5.74) is 0.574. The summed E-state index contributed by atoms with van der Waals surface area (Å²) < 4.78 is 38.0. The van der Waals surface area contributed by atoms with Gasteiger partial charge in [-0.05, 0) is 31.2 Å². The molecule has 0 aliphatic carbocycles. The number of anilines is 1. The smallest absolute Gasteiger partial charge is 0.312 e. The van der Waals surface area contributed by atoms with Gasteiger partial charge in [-0.2, -0.15) is 4.31 Å². The van der Waals surface area contributed by atoms with Crippen LogP contribution in [0.25, 0.3) is 0 Å². The second-order valence-electron chi connectivity index (χ2n) is 6.62. The van der Waals surface area contributed by atoms with E-state index < -0.39 is 20.6 Å². The van der Waals surface area contributed by atoms with Crippen LogP contribution < -0.4 is 14.4 Å². The average Bonchev–Trinajstić information content (AvgIpc) is 2.72. The van der Waals surface area contributed by atoms with E-state index in [1.807, 2.05) is 31.2 Å². The molecule has 0 spiro atoms. The van der Waals surface area contributed by atoms with E-state index in [1.54, 1.807) is 0 Å². The van der Waals surface area contributed by atoms with E-state index in [2.05, 4.69) is 4.90 Å². The Labute approximate surface area is 169 Å². The van der Waals surface area contributed by atoms with Gasteiger partial charge >= 0.3 is 5.69 Å². The Hall–Kier alpha value is -2.85. The number of rotatable bonds is 7. The van der Waals surface area contributed by atoms with Crippen molar-refractivity contribution in [2.45, 2.75) is 17.9 Å². The normalized spacial score (nSPS) is 16.3. The largest absolute Gasteiger partial charge is 0.490 e. The first-order valence-electron chi connectivity index (χ1n) is 9.07. The van der Waals surface area contributed by atoms with Crippen LogP contribution in [0, 0.1) is 10.1 Å². The first kappa shape index (κ1) is 20.9. The highest BCUT2D eigenvalue weighted by molar-refractivity contribution is 7.89. The number of fused-ring (bicyclic) bond motifs is 1. The van der Waals surface area contributed by atoms with Crippen LogP contribution in [0.3, 0.4) is 0 Å². The van der Waals surface area contributed by atoms with Gasteiger partial charge in [-0.3, -0.25) is 10.1 Å². The number of nitro benzene ring substituents is 1. The van der Waals surface area contributed by atoms with Gasteiger partial charge in [-0.25, -0.2) is 8.42 Å². The van der Waals surface area contributed by atoms with Gasteiger partial charge in [0.2, 0.25) is 10.0 Å². The fourth-order valence-corrected chi connectivity index (χ4v) is 4.53. The Morgan fingerprint density at radius 1 is 1.31 bits per heavy atom. The molecule has 0 fully saturated rings. The summed E-state index contributed by atoms with van der Waals surface area (Å²) >= 11 is 0. The van der Waals surface area contributed by atoms with Gasteiger partial charge in [0.1, 0.15) is 11.9 Å². The van der Waals surface area contributed by atoms with Crippen LogP contribution >= 0.6 is 0 Å². The minimum Gasteiger partial charge on any atom is -0.490 e. The highest BCUT2D eigenvalue weighted by Gasteiger charge is 2.31. The van der Waals surface area contributed by atoms with Crippen molar-refractivity contribution in [1.82, 2.24) is 4.31 Å². The number of nitro groups is 1. The van der Waals surface area contributed by atoms with Crippen molar-refractivity contribution in [3.05, 3.63) is 52.6 Å². The zero-order valence-corrected chi connectivity index (χ0v) is 17.3. The molecule has 2 aromatic rings. The monoisotopic (exact) mass is 421 g/mol. The third-order valence-corrected chi connectivity index (χ3v) is 6.64. The molecule has 0 bridgehead atoms. The Bertz CT molecular complexity index is 1010. The van der Waals surface area contributed by atoms with Gasteiger partial charge in [-0.15, -0.1) is 0 Å². The lowest BCUT2D eigenvalue weighted by Crippen LogP contribution is -2.46. The Kier molecular flexibility index (Phi) is 5.94. The van der Waals surface area contributed by atoms with Gasteiger partial charge in [0.05, 0.1) is 35.7 Å². The highest BCUT2D eigenvalue weighted by atomic mass is 32.2. The second kappa shape index (κ2) is 8.26. The fraction of sp³-hybridized carbons (Fsp3) is 0.368. The van der Waals surface area contributed by atoms with Crippen molar-refractivity contribution < 1.29 is 22.8 Å². The van der Waals surface area contributed by atoms with Gasteiger partial charge in [0, 0.05) is 19.7 Å². The van der Waals surface area contributed by atoms with Crippen LogP contribution in [0.2, 0.25) is 0 Å². The van der Waals surface area contributed by atoms with Gasteiger partial charge < -0.3 is 14.4 Å². The Morgan fingerprint density at radius 3 is 2.69 bits per heavy atom. The number of ether oxygens (including phenoxy) is 2. The third-order valence-electron chi connectivity index (χ3n) is 4.82. The van der Waals surface area contributed by atoms with Crippen LogP contribution in [0.1, 0.15) is 6.92 Å². The van der Waals surface area contributed by atoms with Crippen molar-refractivity contribution in [3.63, 3.8) is 0 Å². The molecule has 9 nitrogen and oxygen atoms in total. The van der Waals surface area contributed by atoms with Crippen molar-refractivity contribution in [1.29, 1.82) is 0 Å².